The highest BCUT2D eigenvalue weighted by Crippen LogP contribution is 2.15. The van der Waals surface area contributed by atoms with Crippen molar-refractivity contribution >= 4 is 5.91 Å². The summed E-state index contributed by atoms with van der Waals surface area (Å²) < 4.78 is 5.57. The monoisotopic (exact) mass is 247 g/mol. The number of hydrogen-bond acceptors (Lipinski definition) is 2. The zero-order valence-corrected chi connectivity index (χ0v) is 11.1. The van der Waals surface area contributed by atoms with Gasteiger partial charge in [-0.1, -0.05) is 24.3 Å². The van der Waals surface area contributed by atoms with Crippen LogP contribution < -0.4 is 5.32 Å². The van der Waals surface area contributed by atoms with Crippen LogP contribution in [0.2, 0.25) is 0 Å². The lowest BCUT2D eigenvalue weighted by Crippen LogP contribution is -2.41. The molecular formula is C15H21NO2. The first-order valence-electron chi connectivity index (χ1n) is 6.62. The van der Waals surface area contributed by atoms with Crippen molar-refractivity contribution in [2.24, 2.45) is 0 Å². The Bertz CT molecular complexity index is 411. The molecule has 1 N–H and O–H groups in total. The molecule has 1 aliphatic rings. The highest BCUT2D eigenvalue weighted by Gasteiger charge is 2.23. The minimum absolute atomic E-state index is 0.0762. The largest absolute Gasteiger partial charge is 0.376 e. The Balaban J connectivity index is 1.86. The van der Waals surface area contributed by atoms with Gasteiger partial charge in [0, 0.05) is 6.61 Å². The standard InChI is InChI=1S/C15H21NO2/c1-11-6-3-4-7-13(11)10-15(17)16-12(2)14-8-5-9-18-14/h3-4,6-7,12,14H,5,8-10H2,1-2H3,(H,16,17)/t12-,14-/m0/s1. The number of amides is 1. The van der Waals surface area contributed by atoms with Crippen molar-refractivity contribution in [1.82, 2.24) is 5.32 Å². The van der Waals surface area contributed by atoms with Gasteiger partial charge in [-0.25, -0.2) is 0 Å². The molecule has 1 aromatic carbocycles. The summed E-state index contributed by atoms with van der Waals surface area (Å²) in [7, 11) is 0. The second-order valence-electron chi connectivity index (χ2n) is 5.01. The quantitative estimate of drug-likeness (QED) is 0.886. The second-order valence-corrected chi connectivity index (χ2v) is 5.01. The fourth-order valence-electron chi connectivity index (χ4n) is 2.38. The fourth-order valence-corrected chi connectivity index (χ4v) is 2.38. The normalized spacial score (nSPS) is 20.7. The minimum atomic E-state index is 0.0762. The van der Waals surface area contributed by atoms with Gasteiger partial charge in [0.15, 0.2) is 0 Å². The van der Waals surface area contributed by atoms with Crippen molar-refractivity contribution in [3.8, 4) is 0 Å². The van der Waals surface area contributed by atoms with Crippen LogP contribution in [-0.4, -0.2) is 24.7 Å². The summed E-state index contributed by atoms with van der Waals surface area (Å²) in [6, 6.07) is 8.10. The summed E-state index contributed by atoms with van der Waals surface area (Å²) in [5, 5.41) is 3.03. The number of ether oxygens (including phenoxy) is 1. The van der Waals surface area contributed by atoms with Crippen LogP contribution in [0.25, 0.3) is 0 Å². The molecule has 0 bridgehead atoms. The number of carbonyl (C=O) groups is 1. The molecule has 1 amide bonds. The number of hydrogen-bond donors (Lipinski definition) is 1. The molecule has 2 atom stereocenters. The molecule has 1 saturated heterocycles. The van der Waals surface area contributed by atoms with Crippen molar-refractivity contribution in [2.75, 3.05) is 6.61 Å². The molecule has 0 aromatic heterocycles. The summed E-state index contributed by atoms with van der Waals surface area (Å²) in [5.74, 6) is 0.0762. The first-order valence-corrected chi connectivity index (χ1v) is 6.62. The molecule has 3 heteroatoms. The van der Waals surface area contributed by atoms with Crippen molar-refractivity contribution in [3.63, 3.8) is 0 Å². The van der Waals surface area contributed by atoms with E-state index in [-0.39, 0.29) is 18.1 Å². The number of benzene rings is 1. The summed E-state index contributed by atoms with van der Waals surface area (Å²) >= 11 is 0. The molecule has 0 radical (unpaired) electrons. The summed E-state index contributed by atoms with van der Waals surface area (Å²) in [6.07, 6.45) is 2.78. The average Bonchev–Trinajstić information content (AvgIpc) is 2.85. The Morgan fingerprint density at radius 3 is 2.94 bits per heavy atom. The second kappa shape index (κ2) is 6.01. The fraction of sp³-hybridized carbons (Fsp3) is 0.533. The SMILES string of the molecule is Cc1ccccc1CC(=O)N[C@@H](C)[C@@H]1CCCO1. The molecule has 0 aliphatic carbocycles. The smallest absolute Gasteiger partial charge is 0.224 e. The third-order valence-electron chi connectivity index (χ3n) is 3.52. The Hall–Kier alpha value is -1.35. The van der Waals surface area contributed by atoms with E-state index in [1.165, 1.54) is 0 Å². The first kappa shape index (κ1) is 13.1. The van der Waals surface area contributed by atoms with E-state index in [4.69, 9.17) is 4.74 Å². The van der Waals surface area contributed by atoms with Crippen LogP contribution in [0, 0.1) is 6.92 Å². The van der Waals surface area contributed by atoms with E-state index in [0.29, 0.717) is 6.42 Å². The number of aryl methyl sites for hydroxylation is 1. The Morgan fingerprint density at radius 1 is 1.50 bits per heavy atom. The molecule has 1 heterocycles. The van der Waals surface area contributed by atoms with Crippen LogP contribution in [0.5, 0.6) is 0 Å². The van der Waals surface area contributed by atoms with E-state index in [0.717, 1.165) is 30.6 Å². The van der Waals surface area contributed by atoms with E-state index in [1.807, 2.05) is 38.1 Å². The third-order valence-corrected chi connectivity index (χ3v) is 3.52. The van der Waals surface area contributed by atoms with Gasteiger partial charge in [0.25, 0.3) is 0 Å². The van der Waals surface area contributed by atoms with Crippen molar-refractivity contribution in [2.45, 2.75) is 45.3 Å². The van der Waals surface area contributed by atoms with Gasteiger partial charge in [0.05, 0.1) is 18.6 Å². The van der Waals surface area contributed by atoms with E-state index in [2.05, 4.69) is 5.32 Å². The van der Waals surface area contributed by atoms with E-state index < -0.39 is 0 Å². The van der Waals surface area contributed by atoms with Crippen molar-refractivity contribution in [1.29, 1.82) is 0 Å². The third kappa shape index (κ3) is 3.33. The predicted molar refractivity (Wildman–Crippen MR) is 71.5 cm³/mol. The summed E-state index contributed by atoms with van der Waals surface area (Å²) in [5.41, 5.74) is 2.26. The molecule has 3 nitrogen and oxygen atoms in total. The molecule has 1 aliphatic heterocycles. The number of nitrogens with one attached hydrogen (secondary N) is 1. The molecule has 18 heavy (non-hydrogen) atoms. The van der Waals surface area contributed by atoms with E-state index in [1.54, 1.807) is 0 Å². The molecule has 1 fully saturated rings. The number of rotatable bonds is 4. The highest BCUT2D eigenvalue weighted by molar-refractivity contribution is 5.79. The maximum Gasteiger partial charge on any atom is 0.224 e. The lowest BCUT2D eigenvalue weighted by atomic mass is 10.0. The van der Waals surface area contributed by atoms with Crippen LogP contribution >= 0.6 is 0 Å². The first-order chi connectivity index (χ1) is 8.66. The Morgan fingerprint density at radius 2 is 2.28 bits per heavy atom. The zero-order valence-electron chi connectivity index (χ0n) is 11.1. The van der Waals surface area contributed by atoms with Crippen LogP contribution in [0.4, 0.5) is 0 Å². The molecule has 1 aromatic rings. The maximum absolute atomic E-state index is 12.0. The minimum Gasteiger partial charge on any atom is -0.376 e. The Labute approximate surface area is 109 Å². The van der Waals surface area contributed by atoms with Gasteiger partial charge in [0.1, 0.15) is 0 Å². The highest BCUT2D eigenvalue weighted by atomic mass is 16.5. The molecule has 0 saturated carbocycles. The maximum atomic E-state index is 12.0. The van der Waals surface area contributed by atoms with Crippen molar-refractivity contribution in [3.05, 3.63) is 35.4 Å². The average molecular weight is 247 g/mol. The molecular weight excluding hydrogens is 226 g/mol. The molecule has 0 unspecified atom stereocenters. The van der Waals surface area contributed by atoms with Gasteiger partial charge in [-0.2, -0.15) is 0 Å². The van der Waals surface area contributed by atoms with Gasteiger partial charge in [-0.15, -0.1) is 0 Å². The van der Waals surface area contributed by atoms with Gasteiger partial charge >= 0.3 is 0 Å². The van der Waals surface area contributed by atoms with Gasteiger partial charge in [-0.3, -0.25) is 4.79 Å². The number of carbonyl (C=O) groups excluding carboxylic acids is 1. The van der Waals surface area contributed by atoms with E-state index in [9.17, 15) is 4.79 Å². The molecule has 0 spiro atoms. The van der Waals surface area contributed by atoms with Crippen molar-refractivity contribution < 1.29 is 9.53 Å². The van der Waals surface area contributed by atoms with Crippen LogP contribution in [0.1, 0.15) is 30.9 Å². The molecule has 2 rings (SSSR count). The lowest BCUT2D eigenvalue weighted by molar-refractivity contribution is -0.121. The van der Waals surface area contributed by atoms with Gasteiger partial charge in [-0.05, 0) is 37.8 Å². The summed E-state index contributed by atoms with van der Waals surface area (Å²) in [6.45, 7) is 4.88. The lowest BCUT2D eigenvalue weighted by Gasteiger charge is -2.20. The molecule has 98 valence electrons. The van der Waals surface area contributed by atoms with E-state index >= 15 is 0 Å². The topological polar surface area (TPSA) is 38.3 Å². The van der Waals surface area contributed by atoms with Crippen LogP contribution in [-0.2, 0) is 16.0 Å². The zero-order chi connectivity index (χ0) is 13.0. The van der Waals surface area contributed by atoms with Gasteiger partial charge < -0.3 is 10.1 Å². The predicted octanol–water partition coefficient (Wildman–Crippen LogP) is 2.22. The van der Waals surface area contributed by atoms with Crippen LogP contribution in [0.3, 0.4) is 0 Å². The Kier molecular flexibility index (Phi) is 4.37. The summed E-state index contributed by atoms with van der Waals surface area (Å²) in [4.78, 5) is 12.0. The van der Waals surface area contributed by atoms with Gasteiger partial charge in [0.2, 0.25) is 5.91 Å². The van der Waals surface area contributed by atoms with Crippen LogP contribution in [0.15, 0.2) is 24.3 Å².